The molecule has 0 bridgehead atoms. The van der Waals surface area contributed by atoms with Gasteiger partial charge in [0.05, 0.1) is 12.8 Å². The van der Waals surface area contributed by atoms with Crippen molar-refractivity contribution in [3.05, 3.63) is 24.3 Å². The summed E-state index contributed by atoms with van der Waals surface area (Å²) in [6.07, 6.45) is 0. The van der Waals surface area contributed by atoms with Gasteiger partial charge in [-0.3, -0.25) is 4.79 Å². The van der Waals surface area contributed by atoms with Gasteiger partial charge in [0.2, 0.25) is 5.91 Å². The number of alkyl halides is 1. The number of rotatable bonds is 3. The first-order valence-electron chi connectivity index (χ1n) is 5.38. The van der Waals surface area contributed by atoms with Gasteiger partial charge in [0, 0.05) is 19.1 Å². The number of carbonyl (C=O) groups is 1. The van der Waals surface area contributed by atoms with E-state index in [1.807, 2.05) is 12.1 Å². The van der Waals surface area contributed by atoms with Gasteiger partial charge in [-0.2, -0.15) is 0 Å². The Balaban J connectivity index is 2.32. The van der Waals surface area contributed by atoms with E-state index in [1.165, 1.54) is 0 Å². The fraction of sp³-hybridized carbons (Fsp3) is 0.417. The monoisotopic (exact) mass is 255 g/mol. The van der Waals surface area contributed by atoms with Crippen LogP contribution in [0.15, 0.2) is 24.3 Å². The van der Waals surface area contributed by atoms with Crippen molar-refractivity contribution in [3.63, 3.8) is 0 Å². The van der Waals surface area contributed by atoms with Crippen molar-refractivity contribution in [2.75, 3.05) is 25.2 Å². The minimum absolute atomic E-state index is 0.0917. The Morgan fingerprint density at radius 1 is 1.53 bits per heavy atom. The number of ether oxygens (including phenoxy) is 1. The van der Waals surface area contributed by atoms with Crippen LogP contribution in [0.3, 0.4) is 0 Å². The predicted octanol–water partition coefficient (Wildman–Crippen LogP) is 1.26. The Bertz CT molecular complexity index is 424. The van der Waals surface area contributed by atoms with E-state index in [1.54, 1.807) is 24.1 Å². The molecule has 1 fully saturated rings. The van der Waals surface area contributed by atoms with Gasteiger partial charge in [0.25, 0.3) is 0 Å². The van der Waals surface area contributed by atoms with Gasteiger partial charge in [-0.15, -0.1) is 11.6 Å². The largest absolute Gasteiger partial charge is 0.495 e. The SMILES string of the molecule is COc1ccccc1N1C[C@@H](CO)[C@H](Cl)C1=O. The van der Waals surface area contributed by atoms with E-state index in [4.69, 9.17) is 21.4 Å². The number of methoxy groups -OCH3 is 1. The molecule has 0 aromatic heterocycles. The molecule has 0 aliphatic carbocycles. The van der Waals surface area contributed by atoms with E-state index < -0.39 is 5.38 Å². The molecule has 1 aromatic rings. The lowest BCUT2D eigenvalue weighted by atomic mass is 10.1. The average Bonchev–Trinajstić information content (AvgIpc) is 2.66. The topological polar surface area (TPSA) is 49.8 Å². The Morgan fingerprint density at radius 2 is 2.24 bits per heavy atom. The molecule has 2 rings (SSSR count). The Morgan fingerprint density at radius 3 is 2.82 bits per heavy atom. The third-order valence-corrected chi connectivity index (χ3v) is 3.49. The summed E-state index contributed by atoms with van der Waals surface area (Å²) in [5, 5.41) is 8.49. The number of para-hydroxylation sites is 2. The second kappa shape index (κ2) is 4.94. The van der Waals surface area contributed by atoms with Crippen molar-refractivity contribution in [1.29, 1.82) is 0 Å². The van der Waals surface area contributed by atoms with Gasteiger partial charge < -0.3 is 14.7 Å². The van der Waals surface area contributed by atoms with Gasteiger partial charge in [-0.25, -0.2) is 0 Å². The number of aliphatic hydroxyl groups is 1. The van der Waals surface area contributed by atoms with E-state index in [-0.39, 0.29) is 18.4 Å². The summed E-state index contributed by atoms with van der Waals surface area (Å²) in [7, 11) is 1.56. The van der Waals surface area contributed by atoms with Gasteiger partial charge in [-0.05, 0) is 12.1 Å². The molecule has 1 aromatic carbocycles. The zero-order chi connectivity index (χ0) is 12.4. The number of benzene rings is 1. The molecule has 0 spiro atoms. The molecule has 17 heavy (non-hydrogen) atoms. The van der Waals surface area contributed by atoms with Crippen LogP contribution >= 0.6 is 11.6 Å². The number of amides is 1. The standard InChI is InChI=1S/C12H14ClNO3/c1-17-10-5-3-2-4-9(10)14-6-8(7-15)11(13)12(14)16/h2-5,8,11,15H,6-7H2,1H3/t8-,11-/m0/s1. The molecule has 0 unspecified atom stereocenters. The van der Waals surface area contributed by atoms with Crippen molar-refractivity contribution in [2.24, 2.45) is 5.92 Å². The fourth-order valence-electron chi connectivity index (χ4n) is 1.99. The first kappa shape index (κ1) is 12.2. The van der Waals surface area contributed by atoms with E-state index in [9.17, 15) is 4.79 Å². The number of nitrogens with zero attached hydrogens (tertiary/aromatic N) is 1. The van der Waals surface area contributed by atoms with Crippen molar-refractivity contribution in [1.82, 2.24) is 0 Å². The van der Waals surface area contributed by atoms with E-state index in [2.05, 4.69) is 0 Å². The van der Waals surface area contributed by atoms with Crippen molar-refractivity contribution in [3.8, 4) is 5.75 Å². The molecular formula is C12H14ClNO3. The van der Waals surface area contributed by atoms with Crippen LogP contribution in [0, 0.1) is 5.92 Å². The minimum Gasteiger partial charge on any atom is -0.495 e. The van der Waals surface area contributed by atoms with Crippen LogP contribution in [0.5, 0.6) is 5.75 Å². The maximum Gasteiger partial charge on any atom is 0.245 e. The zero-order valence-electron chi connectivity index (χ0n) is 9.47. The van der Waals surface area contributed by atoms with Gasteiger partial charge in [-0.1, -0.05) is 12.1 Å². The van der Waals surface area contributed by atoms with Gasteiger partial charge in [0.15, 0.2) is 0 Å². The van der Waals surface area contributed by atoms with Gasteiger partial charge >= 0.3 is 0 Å². The Kier molecular flexibility index (Phi) is 3.54. The molecule has 0 saturated carbocycles. The van der Waals surface area contributed by atoms with Crippen molar-refractivity contribution >= 4 is 23.2 Å². The van der Waals surface area contributed by atoms with Crippen LogP contribution in [0.4, 0.5) is 5.69 Å². The Hall–Kier alpha value is -1.26. The summed E-state index contributed by atoms with van der Waals surface area (Å²) in [6.45, 7) is 0.329. The summed E-state index contributed by atoms with van der Waals surface area (Å²) in [4.78, 5) is 13.5. The van der Waals surface area contributed by atoms with Crippen molar-refractivity contribution in [2.45, 2.75) is 5.38 Å². The quantitative estimate of drug-likeness (QED) is 0.828. The summed E-state index contributed by atoms with van der Waals surface area (Å²) >= 11 is 5.98. The molecule has 1 heterocycles. The summed E-state index contributed by atoms with van der Waals surface area (Å²) in [5.74, 6) is 0.215. The van der Waals surface area contributed by atoms with Crippen LogP contribution in [-0.2, 0) is 4.79 Å². The lowest BCUT2D eigenvalue weighted by Crippen LogP contribution is -2.27. The second-order valence-electron chi connectivity index (χ2n) is 3.97. The maximum absolute atomic E-state index is 12.0. The maximum atomic E-state index is 12.0. The van der Waals surface area contributed by atoms with E-state index in [0.29, 0.717) is 18.0 Å². The molecule has 5 heteroatoms. The van der Waals surface area contributed by atoms with Crippen LogP contribution in [0.2, 0.25) is 0 Å². The lowest BCUT2D eigenvalue weighted by molar-refractivity contribution is -0.117. The number of anilines is 1. The minimum atomic E-state index is -0.662. The highest BCUT2D eigenvalue weighted by Gasteiger charge is 2.40. The predicted molar refractivity (Wildman–Crippen MR) is 65.6 cm³/mol. The average molecular weight is 256 g/mol. The molecule has 1 N–H and O–H groups in total. The van der Waals surface area contributed by atoms with E-state index >= 15 is 0 Å². The van der Waals surface area contributed by atoms with Crippen LogP contribution in [0.1, 0.15) is 0 Å². The third kappa shape index (κ3) is 2.10. The van der Waals surface area contributed by atoms with Gasteiger partial charge in [0.1, 0.15) is 11.1 Å². The molecule has 1 aliphatic heterocycles. The third-order valence-electron chi connectivity index (χ3n) is 2.94. The number of hydrogen-bond donors (Lipinski definition) is 1. The molecule has 1 amide bonds. The highest BCUT2D eigenvalue weighted by Crippen LogP contribution is 2.34. The molecule has 2 atom stereocenters. The Labute approximate surface area is 105 Å². The molecular weight excluding hydrogens is 242 g/mol. The zero-order valence-corrected chi connectivity index (χ0v) is 10.2. The number of halogens is 1. The normalized spacial score (nSPS) is 24.2. The first-order chi connectivity index (χ1) is 8.19. The molecule has 0 radical (unpaired) electrons. The lowest BCUT2D eigenvalue weighted by Gasteiger charge is -2.19. The smallest absolute Gasteiger partial charge is 0.245 e. The summed E-state index contributed by atoms with van der Waals surface area (Å²) in [5.41, 5.74) is 0.696. The van der Waals surface area contributed by atoms with Crippen LogP contribution in [0.25, 0.3) is 0 Å². The number of hydrogen-bond acceptors (Lipinski definition) is 3. The van der Waals surface area contributed by atoms with E-state index in [0.717, 1.165) is 0 Å². The molecule has 1 aliphatic rings. The number of aliphatic hydroxyl groups excluding tert-OH is 1. The second-order valence-corrected chi connectivity index (χ2v) is 4.44. The molecule has 4 nitrogen and oxygen atoms in total. The highest BCUT2D eigenvalue weighted by molar-refractivity contribution is 6.34. The molecule has 1 saturated heterocycles. The van der Waals surface area contributed by atoms with Crippen molar-refractivity contribution < 1.29 is 14.6 Å². The van der Waals surface area contributed by atoms with Crippen LogP contribution < -0.4 is 9.64 Å². The number of carbonyl (C=O) groups excluding carboxylic acids is 1. The summed E-state index contributed by atoms with van der Waals surface area (Å²) < 4.78 is 5.21. The highest BCUT2D eigenvalue weighted by atomic mass is 35.5. The first-order valence-corrected chi connectivity index (χ1v) is 5.82. The molecule has 92 valence electrons. The fourth-order valence-corrected chi connectivity index (χ4v) is 2.26. The summed E-state index contributed by atoms with van der Waals surface area (Å²) in [6, 6.07) is 7.27. The van der Waals surface area contributed by atoms with Crippen LogP contribution in [-0.4, -0.2) is 36.7 Å².